The van der Waals surface area contributed by atoms with Gasteiger partial charge in [-0.05, 0) is 37.8 Å². The number of hydrogen-bond donors (Lipinski definition) is 0. The molecule has 1 aliphatic heterocycles. The van der Waals surface area contributed by atoms with Crippen LogP contribution in [0.5, 0.6) is 0 Å². The number of benzene rings is 1. The molecule has 0 spiro atoms. The lowest BCUT2D eigenvalue weighted by Crippen LogP contribution is -2.45. The summed E-state index contributed by atoms with van der Waals surface area (Å²) in [5.41, 5.74) is 2.31. The lowest BCUT2D eigenvalue weighted by Gasteiger charge is -2.36. The van der Waals surface area contributed by atoms with E-state index in [1.807, 2.05) is 0 Å². The Balaban J connectivity index is 1.97. The first-order valence-corrected chi connectivity index (χ1v) is 6.85. The molecule has 1 saturated carbocycles. The Bertz CT molecular complexity index is 511. The zero-order chi connectivity index (χ0) is 12.5. The molecular weight excluding hydrogens is 224 g/mol. The Hall–Kier alpha value is -1.15. The molecule has 1 aromatic carbocycles. The van der Waals surface area contributed by atoms with Gasteiger partial charge in [0.25, 0.3) is 0 Å². The summed E-state index contributed by atoms with van der Waals surface area (Å²) in [6.07, 6.45) is 2.28. The fourth-order valence-electron chi connectivity index (χ4n) is 4.93. The van der Waals surface area contributed by atoms with Gasteiger partial charge < -0.3 is 4.74 Å². The predicted octanol–water partition coefficient (Wildman–Crippen LogP) is 3.03. The van der Waals surface area contributed by atoms with E-state index in [-0.39, 0.29) is 11.0 Å². The molecule has 2 aliphatic carbocycles. The van der Waals surface area contributed by atoms with Gasteiger partial charge in [0.1, 0.15) is 11.4 Å². The van der Waals surface area contributed by atoms with Crippen LogP contribution in [0.2, 0.25) is 0 Å². The van der Waals surface area contributed by atoms with Crippen molar-refractivity contribution in [3.8, 4) is 0 Å². The van der Waals surface area contributed by atoms with Crippen molar-refractivity contribution in [2.45, 2.75) is 44.1 Å². The van der Waals surface area contributed by atoms with Gasteiger partial charge in [0, 0.05) is 11.8 Å². The molecule has 3 aliphatic rings. The molecular formula is C16H18O2. The van der Waals surface area contributed by atoms with Crippen LogP contribution < -0.4 is 0 Å². The van der Waals surface area contributed by atoms with Crippen molar-refractivity contribution in [2.75, 3.05) is 6.61 Å². The van der Waals surface area contributed by atoms with E-state index in [0.29, 0.717) is 17.6 Å². The molecule has 2 heteroatoms. The maximum atomic E-state index is 12.5. The summed E-state index contributed by atoms with van der Waals surface area (Å²) in [6.45, 7) is 4.64. The van der Waals surface area contributed by atoms with Crippen LogP contribution >= 0.6 is 0 Å². The SMILES string of the molecule is CC(=O)C1([C@]2(C)CO2)[C@@H]2CC[C@@H]1c1ccccc12. The largest absolute Gasteiger partial charge is 0.369 e. The average Bonchev–Trinajstić information content (AvgIpc) is 2.91. The molecule has 2 nitrogen and oxygen atoms in total. The highest BCUT2D eigenvalue weighted by Gasteiger charge is 2.72. The summed E-state index contributed by atoms with van der Waals surface area (Å²) in [5.74, 6) is 1.08. The van der Waals surface area contributed by atoms with Crippen molar-refractivity contribution in [3.63, 3.8) is 0 Å². The third kappa shape index (κ3) is 0.947. The van der Waals surface area contributed by atoms with Crippen molar-refractivity contribution in [1.29, 1.82) is 0 Å². The number of Topliss-reactive ketones (excluding diaryl/α,β-unsaturated/α-hetero) is 1. The molecule has 0 radical (unpaired) electrons. The number of rotatable bonds is 2. The van der Waals surface area contributed by atoms with Gasteiger partial charge in [0.2, 0.25) is 0 Å². The number of hydrogen-bond acceptors (Lipinski definition) is 2. The van der Waals surface area contributed by atoms with E-state index >= 15 is 0 Å². The first-order chi connectivity index (χ1) is 8.61. The summed E-state index contributed by atoms with van der Waals surface area (Å²) in [4.78, 5) is 12.5. The summed E-state index contributed by atoms with van der Waals surface area (Å²) in [6, 6.07) is 8.62. The monoisotopic (exact) mass is 242 g/mol. The van der Waals surface area contributed by atoms with Crippen LogP contribution in [0.3, 0.4) is 0 Å². The Morgan fingerprint density at radius 1 is 1.22 bits per heavy atom. The molecule has 1 heterocycles. The summed E-state index contributed by atoms with van der Waals surface area (Å²) in [7, 11) is 0. The van der Waals surface area contributed by atoms with E-state index in [2.05, 4.69) is 31.2 Å². The molecule has 2 bridgehead atoms. The van der Waals surface area contributed by atoms with E-state index in [1.54, 1.807) is 6.92 Å². The van der Waals surface area contributed by atoms with Gasteiger partial charge in [0.15, 0.2) is 0 Å². The third-order valence-corrected chi connectivity index (χ3v) is 5.63. The van der Waals surface area contributed by atoms with Crippen LogP contribution in [0, 0.1) is 5.41 Å². The summed E-state index contributed by atoms with van der Waals surface area (Å²) < 4.78 is 5.74. The van der Waals surface area contributed by atoms with Crippen LogP contribution in [0.1, 0.15) is 49.7 Å². The molecule has 94 valence electrons. The molecule has 3 atom stereocenters. The average molecular weight is 242 g/mol. The molecule has 18 heavy (non-hydrogen) atoms. The highest BCUT2D eigenvalue weighted by molar-refractivity contribution is 5.89. The molecule has 0 amide bonds. The van der Waals surface area contributed by atoms with E-state index in [0.717, 1.165) is 19.4 Å². The highest BCUT2D eigenvalue weighted by atomic mass is 16.6. The smallest absolute Gasteiger partial charge is 0.140 e. The zero-order valence-electron chi connectivity index (χ0n) is 10.9. The van der Waals surface area contributed by atoms with Crippen molar-refractivity contribution in [3.05, 3.63) is 35.4 Å². The summed E-state index contributed by atoms with van der Waals surface area (Å²) in [5, 5.41) is 0. The first-order valence-electron chi connectivity index (χ1n) is 6.85. The third-order valence-electron chi connectivity index (χ3n) is 5.63. The van der Waals surface area contributed by atoms with Gasteiger partial charge in [-0.1, -0.05) is 24.3 Å². The van der Waals surface area contributed by atoms with Crippen molar-refractivity contribution in [1.82, 2.24) is 0 Å². The minimum absolute atomic E-state index is 0.219. The number of carbonyl (C=O) groups excluding carboxylic acids is 1. The molecule has 1 aromatic rings. The van der Waals surface area contributed by atoms with Crippen LogP contribution in [0.15, 0.2) is 24.3 Å². The number of ketones is 1. The minimum Gasteiger partial charge on any atom is -0.369 e. The van der Waals surface area contributed by atoms with Crippen molar-refractivity contribution in [2.24, 2.45) is 5.41 Å². The Morgan fingerprint density at radius 3 is 2.11 bits per heavy atom. The molecule has 0 N–H and O–H groups in total. The van der Waals surface area contributed by atoms with Crippen LogP contribution in [0.4, 0.5) is 0 Å². The highest BCUT2D eigenvalue weighted by Crippen LogP contribution is 2.72. The number of carbonyl (C=O) groups is 1. The second-order valence-corrected chi connectivity index (χ2v) is 6.26. The Morgan fingerprint density at radius 2 is 1.72 bits per heavy atom. The van der Waals surface area contributed by atoms with E-state index in [1.165, 1.54) is 11.1 Å². The lowest BCUT2D eigenvalue weighted by molar-refractivity contribution is -0.131. The maximum absolute atomic E-state index is 12.5. The van der Waals surface area contributed by atoms with Gasteiger partial charge in [-0.25, -0.2) is 0 Å². The van der Waals surface area contributed by atoms with E-state index < -0.39 is 0 Å². The fraction of sp³-hybridized carbons (Fsp3) is 0.562. The van der Waals surface area contributed by atoms with Gasteiger partial charge >= 0.3 is 0 Å². The topological polar surface area (TPSA) is 29.6 Å². The van der Waals surface area contributed by atoms with Crippen LogP contribution in [-0.4, -0.2) is 18.0 Å². The van der Waals surface area contributed by atoms with Crippen molar-refractivity contribution >= 4 is 5.78 Å². The van der Waals surface area contributed by atoms with Crippen molar-refractivity contribution < 1.29 is 9.53 Å². The number of ether oxygens (including phenoxy) is 1. The molecule has 2 fully saturated rings. The Kier molecular flexibility index (Phi) is 1.82. The Labute approximate surface area is 107 Å². The molecule has 4 rings (SSSR count). The molecule has 0 unspecified atom stereocenters. The van der Waals surface area contributed by atoms with Gasteiger partial charge in [-0.3, -0.25) is 4.79 Å². The van der Waals surface area contributed by atoms with Crippen LogP contribution in [0.25, 0.3) is 0 Å². The minimum atomic E-state index is -0.281. The van der Waals surface area contributed by atoms with Gasteiger partial charge in [-0.2, -0.15) is 0 Å². The zero-order valence-corrected chi connectivity index (χ0v) is 10.9. The second-order valence-electron chi connectivity index (χ2n) is 6.26. The standard InChI is InChI=1S/C16H18O2/c1-10(17)16(15(2)9-18-15)13-7-8-14(16)12-6-4-3-5-11(12)13/h3-6,13-14H,7-9H2,1-2H3/t13-,14-,15+/m1/s1. The van der Waals surface area contributed by atoms with Gasteiger partial charge in [0.05, 0.1) is 12.0 Å². The number of epoxide rings is 1. The first kappa shape index (κ1) is 10.7. The molecule has 0 aromatic heterocycles. The summed E-state index contributed by atoms with van der Waals surface area (Å²) >= 11 is 0. The maximum Gasteiger partial charge on any atom is 0.140 e. The predicted molar refractivity (Wildman–Crippen MR) is 68.6 cm³/mol. The quantitative estimate of drug-likeness (QED) is 0.746. The lowest BCUT2D eigenvalue weighted by atomic mass is 9.64. The van der Waals surface area contributed by atoms with E-state index in [9.17, 15) is 4.79 Å². The normalized spacial score (nSPS) is 43.9. The van der Waals surface area contributed by atoms with E-state index in [4.69, 9.17) is 4.74 Å². The molecule has 1 saturated heterocycles. The number of fused-ring (bicyclic) bond motifs is 5. The van der Waals surface area contributed by atoms with Crippen LogP contribution in [-0.2, 0) is 9.53 Å². The fourth-order valence-corrected chi connectivity index (χ4v) is 4.93. The second kappa shape index (κ2) is 3.05. The van der Waals surface area contributed by atoms with Gasteiger partial charge in [-0.15, -0.1) is 0 Å².